The Morgan fingerprint density at radius 2 is 1.84 bits per heavy atom. The van der Waals surface area contributed by atoms with Crippen LogP contribution in [-0.4, -0.2) is 7.11 Å². The Kier molecular flexibility index (Phi) is 5.11. The van der Waals surface area contributed by atoms with Crippen molar-refractivity contribution in [2.75, 3.05) is 7.11 Å². The van der Waals surface area contributed by atoms with Crippen LogP contribution >= 0.6 is 27.5 Å². The molecule has 19 heavy (non-hydrogen) atoms. The van der Waals surface area contributed by atoms with Gasteiger partial charge in [-0.25, -0.2) is 0 Å². The maximum absolute atomic E-state index is 6.16. The van der Waals surface area contributed by atoms with Crippen LogP contribution in [0.25, 0.3) is 0 Å². The van der Waals surface area contributed by atoms with E-state index in [9.17, 15) is 0 Å². The van der Waals surface area contributed by atoms with Crippen LogP contribution in [0, 0.1) is 0 Å². The van der Waals surface area contributed by atoms with Crippen LogP contribution in [-0.2, 0) is 11.9 Å². The van der Waals surface area contributed by atoms with Gasteiger partial charge in [-0.3, -0.25) is 0 Å². The SMILES string of the molecule is COc1ccc(COc2c(Cl)cccc2CBr)cc1. The highest BCUT2D eigenvalue weighted by Crippen LogP contribution is 2.30. The number of para-hydroxylation sites is 1. The van der Waals surface area contributed by atoms with Gasteiger partial charge in [-0.05, 0) is 23.8 Å². The molecule has 100 valence electrons. The first kappa shape index (κ1) is 14.2. The van der Waals surface area contributed by atoms with Crippen LogP contribution in [0.5, 0.6) is 11.5 Å². The second-order valence-corrected chi connectivity index (χ2v) is 4.97. The lowest BCUT2D eigenvalue weighted by molar-refractivity contribution is 0.304. The molecular weight excluding hydrogens is 328 g/mol. The summed E-state index contributed by atoms with van der Waals surface area (Å²) in [6, 6.07) is 13.5. The van der Waals surface area contributed by atoms with Gasteiger partial charge < -0.3 is 9.47 Å². The van der Waals surface area contributed by atoms with Crippen molar-refractivity contribution in [2.45, 2.75) is 11.9 Å². The van der Waals surface area contributed by atoms with E-state index in [0.29, 0.717) is 17.0 Å². The number of alkyl halides is 1. The van der Waals surface area contributed by atoms with Crippen LogP contribution in [0.4, 0.5) is 0 Å². The van der Waals surface area contributed by atoms with Crippen molar-refractivity contribution in [3.63, 3.8) is 0 Å². The molecule has 2 nitrogen and oxygen atoms in total. The van der Waals surface area contributed by atoms with E-state index in [2.05, 4.69) is 15.9 Å². The quantitative estimate of drug-likeness (QED) is 0.726. The number of halogens is 2. The van der Waals surface area contributed by atoms with E-state index < -0.39 is 0 Å². The minimum atomic E-state index is 0.480. The third-order valence-electron chi connectivity index (χ3n) is 2.73. The van der Waals surface area contributed by atoms with E-state index in [4.69, 9.17) is 21.1 Å². The molecule has 0 fully saturated rings. The lowest BCUT2D eigenvalue weighted by atomic mass is 10.2. The van der Waals surface area contributed by atoms with Crippen molar-refractivity contribution in [1.82, 2.24) is 0 Å². The molecule has 4 heteroatoms. The Bertz CT molecular complexity index is 540. The van der Waals surface area contributed by atoms with Gasteiger partial charge in [-0.1, -0.05) is 51.8 Å². The molecule has 2 aromatic rings. The van der Waals surface area contributed by atoms with Crippen molar-refractivity contribution >= 4 is 27.5 Å². The summed E-state index contributed by atoms with van der Waals surface area (Å²) in [5, 5.41) is 1.34. The molecule has 0 saturated carbocycles. The molecule has 0 unspecified atom stereocenters. The Balaban J connectivity index is 2.09. The zero-order valence-electron chi connectivity index (χ0n) is 10.5. The molecule has 0 atom stereocenters. The minimum absolute atomic E-state index is 0.480. The number of rotatable bonds is 5. The number of benzene rings is 2. The van der Waals surface area contributed by atoms with Crippen LogP contribution < -0.4 is 9.47 Å². The zero-order chi connectivity index (χ0) is 13.7. The van der Waals surface area contributed by atoms with Gasteiger partial charge in [0.15, 0.2) is 0 Å². The second kappa shape index (κ2) is 6.83. The van der Waals surface area contributed by atoms with E-state index in [-0.39, 0.29) is 0 Å². The average molecular weight is 342 g/mol. The van der Waals surface area contributed by atoms with Crippen molar-refractivity contribution in [3.8, 4) is 11.5 Å². The normalized spacial score (nSPS) is 10.3. The van der Waals surface area contributed by atoms with Crippen molar-refractivity contribution in [3.05, 3.63) is 58.6 Å². The monoisotopic (exact) mass is 340 g/mol. The Labute approximate surface area is 126 Å². The Morgan fingerprint density at radius 3 is 2.47 bits per heavy atom. The van der Waals surface area contributed by atoms with Gasteiger partial charge in [0, 0.05) is 10.9 Å². The first-order chi connectivity index (χ1) is 9.24. The fourth-order valence-electron chi connectivity index (χ4n) is 1.70. The van der Waals surface area contributed by atoms with Gasteiger partial charge in [0.1, 0.15) is 18.1 Å². The third kappa shape index (κ3) is 3.64. The highest BCUT2D eigenvalue weighted by atomic mass is 79.9. The molecule has 0 saturated heterocycles. The van der Waals surface area contributed by atoms with Crippen LogP contribution in [0.15, 0.2) is 42.5 Å². The first-order valence-electron chi connectivity index (χ1n) is 5.83. The Morgan fingerprint density at radius 1 is 1.11 bits per heavy atom. The fourth-order valence-corrected chi connectivity index (χ4v) is 2.39. The van der Waals surface area contributed by atoms with Gasteiger partial charge >= 0.3 is 0 Å². The molecule has 0 N–H and O–H groups in total. The summed E-state index contributed by atoms with van der Waals surface area (Å²) in [6.45, 7) is 0.480. The summed E-state index contributed by atoms with van der Waals surface area (Å²) in [5.41, 5.74) is 2.11. The van der Waals surface area contributed by atoms with Gasteiger partial charge in [0.2, 0.25) is 0 Å². The molecule has 0 bridgehead atoms. The van der Waals surface area contributed by atoms with Gasteiger partial charge in [-0.2, -0.15) is 0 Å². The molecule has 0 spiro atoms. The number of hydrogen-bond donors (Lipinski definition) is 0. The average Bonchev–Trinajstić information content (AvgIpc) is 2.46. The molecule has 0 heterocycles. The molecule has 0 aliphatic heterocycles. The van der Waals surface area contributed by atoms with E-state index in [1.165, 1.54) is 0 Å². The summed E-state index contributed by atoms with van der Waals surface area (Å²) in [7, 11) is 1.65. The molecule has 0 aliphatic carbocycles. The number of hydrogen-bond acceptors (Lipinski definition) is 2. The topological polar surface area (TPSA) is 18.5 Å². The summed E-state index contributed by atoms with van der Waals surface area (Å²) in [4.78, 5) is 0. The maximum Gasteiger partial charge on any atom is 0.142 e. The highest BCUT2D eigenvalue weighted by Gasteiger charge is 2.07. The predicted molar refractivity (Wildman–Crippen MR) is 81.4 cm³/mol. The first-order valence-corrected chi connectivity index (χ1v) is 7.33. The van der Waals surface area contributed by atoms with E-state index in [1.807, 2.05) is 42.5 Å². The molecule has 2 aromatic carbocycles. The zero-order valence-corrected chi connectivity index (χ0v) is 12.9. The standard InChI is InChI=1S/C15H14BrClO2/c1-18-13-7-5-11(6-8-13)10-19-15-12(9-16)3-2-4-14(15)17/h2-8H,9-10H2,1H3. The molecule has 0 aliphatic rings. The third-order valence-corrected chi connectivity index (χ3v) is 3.64. The summed E-state index contributed by atoms with van der Waals surface area (Å²) < 4.78 is 10.9. The largest absolute Gasteiger partial charge is 0.497 e. The molecule has 0 amide bonds. The van der Waals surface area contributed by atoms with Crippen molar-refractivity contribution in [1.29, 1.82) is 0 Å². The molecule has 2 rings (SSSR count). The second-order valence-electron chi connectivity index (χ2n) is 4.00. The highest BCUT2D eigenvalue weighted by molar-refractivity contribution is 9.08. The molecular formula is C15H14BrClO2. The summed E-state index contributed by atoms with van der Waals surface area (Å²) in [5.74, 6) is 1.57. The van der Waals surface area contributed by atoms with Crippen LogP contribution in [0.1, 0.15) is 11.1 Å². The molecule has 0 radical (unpaired) electrons. The van der Waals surface area contributed by atoms with Gasteiger partial charge in [0.25, 0.3) is 0 Å². The van der Waals surface area contributed by atoms with Crippen LogP contribution in [0.3, 0.4) is 0 Å². The lowest BCUT2D eigenvalue weighted by Gasteiger charge is -2.12. The van der Waals surface area contributed by atoms with Crippen molar-refractivity contribution in [2.24, 2.45) is 0 Å². The smallest absolute Gasteiger partial charge is 0.142 e. The molecule has 0 aromatic heterocycles. The minimum Gasteiger partial charge on any atom is -0.497 e. The van der Waals surface area contributed by atoms with Gasteiger partial charge in [-0.15, -0.1) is 0 Å². The lowest BCUT2D eigenvalue weighted by Crippen LogP contribution is -1.98. The van der Waals surface area contributed by atoms with Crippen molar-refractivity contribution < 1.29 is 9.47 Å². The van der Waals surface area contributed by atoms with E-state index >= 15 is 0 Å². The maximum atomic E-state index is 6.16. The van der Waals surface area contributed by atoms with E-state index in [1.54, 1.807) is 7.11 Å². The van der Waals surface area contributed by atoms with Crippen LogP contribution in [0.2, 0.25) is 5.02 Å². The fraction of sp³-hybridized carbons (Fsp3) is 0.200. The predicted octanol–water partition coefficient (Wildman–Crippen LogP) is 4.82. The summed E-state index contributed by atoms with van der Waals surface area (Å²) >= 11 is 9.59. The number of methoxy groups -OCH3 is 1. The number of ether oxygens (including phenoxy) is 2. The van der Waals surface area contributed by atoms with E-state index in [0.717, 1.165) is 22.6 Å². The van der Waals surface area contributed by atoms with Gasteiger partial charge in [0.05, 0.1) is 12.1 Å². The summed E-state index contributed by atoms with van der Waals surface area (Å²) in [6.07, 6.45) is 0. The Hall–Kier alpha value is -1.19.